The van der Waals surface area contributed by atoms with Crippen molar-refractivity contribution in [2.75, 3.05) is 33.1 Å². The predicted octanol–water partition coefficient (Wildman–Crippen LogP) is 3.06. The first-order valence-corrected chi connectivity index (χ1v) is 9.04. The monoisotopic (exact) mass is 337 g/mol. The van der Waals surface area contributed by atoms with E-state index in [-0.39, 0.29) is 0 Å². The molecule has 1 unspecified atom stereocenters. The van der Waals surface area contributed by atoms with Gasteiger partial charge in [-0.2, -0.15) is 0 Å². The number of ether oxygens (including phenoxy) is 1. The molecule has 1 aliphatic heterocycles. The Bertz CT molecular complexity index is 592. The Balaban J connectivity index is 2.58. The predicted molar refractivity (Wildman–Crippen MR) is 76.6 cm³/mol. The Morgan fingerprint density at radius 1 is 1.00 bits per heavy atom. The van der Waals surface area contributed by atoms with E-state index >= 15 is 0 Å². The Hall–Kier alpha value is -0.880. The van der Waals surface area contributed by atoms with Gasteiger partial charge in [-0.25, -0.2) is 9.24 Å². The summed E-state index contributed by atoms with van der Waals surface area (Å²) >= 11 is 0. The molecule has 1 aromatic carbocycles. The highest BCUT2D eigenvalue weighted by atomic mass is 31.2. The van der Waals surface area contributed by atoms with E-state index in [1.807, 2.05) is 0 Å². The highest BCUT2D eigenvalue weighted by molar-refractivity contribution is 7.59. The van der Waals surface area contributed by atoms with Gasteiger partial charge in [-0.3, -0.25) is 13.6 Å². The lowest BCUT2D eigenvalue weighted by molar-refractivity contribution is 0.197. The molecule has 0 spiro atoms. The Labute approximate surface area is 123 Å². The summed E-state index contributed by atoms with van der Waals surface area (Å²) in [5.41, 5.74) is 0.420. The molecule has 0 saturated heterocycles. The second-order valence-corrected chi connectivity index (χ2v) is 8.35. The molecule has 0 N–H and O–H groups in total. The maximum Gasteiger partial charge on any atom is 0.438 e. The lowest BCUT2D eigenvalue weighted by Gasteiger charge is -2.32. The van der Waals surface area contributed by atoms with Gasteiger partial charge in [0.2, 0.25) is 0 Å². The summed E-state index contributed by atoms with van der Waals surface area (Å²) in [6.45, 7) is 0. The van der Waals surface area contributed by atoms with Crippen LogP contribution in [0.5, 0.6) is 5.75 Å². The number of fused-ring (bicyclic) bond motifs is 1. The minimum Gasteiger partial charge on any atom is -0.455 e. The first-order chi connectivity index (χ1) is 9.95. The molecule has 1 atom stereocenters. The number of benzene rings is 1. The number of anilines is 1. The number of rotatable bonds is 6. The molecule has 21 heavy (non-hydrogen) atoms. The highest BCUT2D eigenvalue weighted by Gasteiger charge is 2.54. The zero-order chi connectivity index (χ0) is 15.7. The lowest BCUT2D eigenvalue weighted by atomic mass is 10.3. The average Bonchev–Trinajstić information content (AvgIpc) is 2.94. The summed E-state index contributed by atoms with van der Waals surface area (Å²) in [6, 6.07) is 6.75. The van der Waals surface area contributed by atoms with Gasteiger partial charge in [0.1, 0.15) is 5.75 Å². The molecule has 1 heterocycles. The second kappa shape index (κ2) is 6.08. The largest absolute Gasteiger partial charge is 0.455 e. The fourth-order valence-electron chi connectivity index (χ4n) is 1.99. The van der Waals surface area contributed by atoms with Crippen LogP contribution in [0, 0.1) is 0 Å². The van der Waals surface area contributed by atoms with Crippen molar-refractivity contribution >= 4 is 21.0 Å². The number of para-hydroxylation sites is 2. The maximum atomic E-state index is 12.8. The summed E-state index contributed by atoms with van der Waals surface area (Å²) in [6.07, 6.45) is 0. The van der Waals surface area contributed by atoms with Crippen molar-refractivity contribution in [2.24, 2.45) is 0 Å². The van der Waals surface area contributed by atoms with E-state index in [0.29, 0.717) is 11.4 Å². The van der Waals surface area contributed by atoms with E-state index in [2.05, 4.69) is 0 Å². The summed E-state index contributed by atoms with van der Waals surface area (Å²) in [5, 5.41) is 0. The number of hydrogen-bond donors (Lipinski definition) is 0. The van der Waals surface area contributed by atoms with Gasteiger partial charge in [0.05, 0.1) is 5.69 Å². The van der Waals surface area contributed by atoms with Gasteiger partial charge in [-0.05, 0) is 12.1 Å². The zero-order valence-corrected chi connectivity index (χ0v) is 13.9. The smallest absolute Gasteiger partial charge is 0.438 e. The molecular formula is C11H17NO7P2. The molecule has 1 aromatic rings. The van der Waals surface area contributed by atoms with E-state index in [1.54, 1.807) is 24.3 Å². The number of hydrogen-bond acceptors (Lipinski definition) is 7. The van der Waals surface area contributed by atoms with Crippen molar-refractivity contribution in [3.05, 3.63) is 24.3 Å². The van der Waals surface area contributed by atoms with Gasteiger partial charge >= 0.3 is 15.3 Å². The quantitative estimate of drug-likeness (QED) is 0.733. The molecule has 2 rings (SSSR count). The number of nitrogens with zero attached hydrogens (tertiary/aromatic N) is 1. The molecular weight excluding hydrogens is 320 g/mol. The van der Waals surface area contributed by atoms with Gasteiger partial charge in [-0.15, -0.1) is 0 Å². The average molecular weight is 337 g/mol. The van der Waals surface area contributed by atoms with Crippen LogP contribution in [0.15, 0.2) is 24.3 Å². The third kappa shape index (κ3) is 2.63. The standard InChI is InChI=1S/C11H17NO7P2/c1-15-20(13,16-2)11-12(21(14,17-3)18-4)9-7-5-6-8-10(9)19-11/h5-8,11H,1-4H3. The van der Waals surface area contributed by atoms with Crippen LogP contribution in [0.1, 0.15) is 0 Å². The van der Waals surface area contributed by atoms with Crippen LogP contribution in [0.4, 0.5) is 5.69 Å². The van der Waals surface area contributed by atoms with Crippen molar-refractivity contribution in [1.82, 2.24) is 0 Å². The van der Waals surface area contributed by atoms with Crippen molar-refractivity contribution in [2.45, 2.75) is 5.97 Å². The third-order valence-corrected chi connectivity index (χ3v) is 7.01. The van der Waals surface area contributed by atoms with Crippen LogP contribution in [0.25, 0.3) is 0 Å². The molecule has 118 valence electrons. The molecule has 0 radical (unpaired) electrons. The fourth-order valence-corrected chi connectivity index (χ4v) is 5.11. The summed E-state index contributed by atoms with van der Waals surface area (Å²) in [4.78, 5) is 0. The Kier molecular flexibility index (Phi) is 4.78. The van der Waals surface area contributed by atoms with Gasteiger partial charge in [0.25, 0.3) is 5.97 Å². The molecule has 1 aliphatic rings. The van der Waals surface area contributed by atoms with Crippen molar-refractivity contribution in [3.63, 3.8) is 0 Å². The van der Waals surface area contributed by atoms with Crippen molar-refractivity contribution < 1.29 is 32.0 Å². The molecule has 0 saturated carbocycles. The van der Waals surface area contributed by atoms with Crippen LogP contribution in [-0.2, 0) is 27.2 Å². The third-order valence-electron chi connectivity index (χ3n) is 3.06. The van der Waals surface area contributed by atoms with E-state index in [0.717, 1.165) is 4.67 Å². The molecule has 10 heteroatoms. The molecule has 0 amide bonds. The topological polar surface area (TPSA) is 83.5 Å². The minimum absolute atomic E-state index is 0.381. The SMILES string of the molecule is COP(=O)(OC)C1Oc2ccccc2N1P(=O)(OC)OC. The summed E-state index contributed by atoms with van der Waals surface area (Å²) in [5.74, 6) is -0.887. The molecule has 0 aliphatic carbocycles. The summed E-state index contributed by atoms with van der Waals surface area (Å²) < 4.78 is 52.1. The van der Waals surface area contributed by atoms with Crippen LogP contribution >= 0.6 is 15.3 Å². The maximum absolute atomic E-state index is 12.8. The van der Waals surface area contributed by atoms with E-state index < -0.39 is 21.3 Å². The first-order valence-electron chi connectivity index (χ1n) is 5.94. The molecule has 0 bridgehead atoms. The van der Waals surface area contributed by atoms with Gasteiger partial charge in [-0.1, -0.05) is 12.1 Å². The molecule has 0 aromatic heterocycles. The second-order valence-electron chi connectivity index (χ2n) is 4.00. The van der Waals surface area contributed by atoms with E-state index in [4.69, 9.17) is 22.8 Å². The highest BCUT2D eigenvalue weighted by Crippen LogP contribution is 2.67. The normalized spacial score (nSPS) is 18.5. The van der Waals surface area contributed by atoms with Crippen LogP contribution < -0.4 is 9.41 Å². The molecule has 0 fully saturated rings. The Morgan fingerprint density at radius 3 is 2.10 bits per heavy atom. The fraction of sp³-hybridized carbons (Fsp3) is 0.455. The van der Waals surface area contributed by atoms with E-state index in [9.17, 15) is 9.13 Å². The van der Waals surface area contributed by atoms with E-state index in [1.165, 1.54) is 28.4 Å². The van der Waals surface area contributed by atoms with Gasteiger partial charge in [0.15, 0.2) is 0 Å². The zero-order valence-electron chi connectivity index (χ0n) is 12.1. The van der Waals surface area contributed by atoms with Gasteiger partial charge < -0.3 is 13.8 Å². The van der Waals surface area contributed by atoms with Crippen molar-refractivity contribution in [3.8, 4) is 5.75 Å². The van der Waals surface area contributed by atoms with Crippen LogP contribution in [0.2, 0.25) is 0 Å². The van der Waals surface area contributed by atoms with Crippen LogP contribution in [-0.4, -0.2) is 34.4 Å². The minimum atomic E-state index is -3.76. The Morgan fingerprint density at radius 2 is 1.57 bits per heavy atom. The van der Waals surface area contributed by atoms with Gasteiger partial charge in [0, 0.05) is 28.4 Å². The lowest BCUT2D eigenvalue weighted by Crippen LogP contribution is -2.33. The first kappa shape index (κ1) is 16.5. The van der Waals surface area contributed by atoms with Crippen molar-refractivity contribution in [1.29, 1.82) is 0 Å². The van der Waals surface area contributed by atoms with Crippen LogP contribution in [0.3, 0.4) is 0 Å². The summed E-state index contributed by atoms with van der Waals surface area (Å²) in [7, 11) is -2.58. The molecule has 8 nitrogen and oxygen atoms in total.